The summed E-state index contributed by atoms with van der Waals surface area (Å²) in [5, 5.41) is 0. The smallest absolute Gasteiger partial charge is 0.312 e. The van der Waals surface area contributed by atoms with E-state index in [0.29, 0.717) is 13.2 Å². The Morgan fingerprint density at radius 2 is 1.75 bits per heavy atom. The van der Waals surface area contributed by atoms with E-state index in [-0.39, 0.29) is 5.96 Å². The van der Waals surface area contributed by atoms with Gasteiger partial charge in [0, 0.05) is 0 Å². The maximum atomic E-state index is 5.17. The molecule has 5 nitrogen and oxygen atoms in total. The molecule has 4 N–H and O–H groups in total. The number of nitrogens with zero attached hydrogens (tertiary/aromatic N) is 1. The first-order valence-corrected chi connectivity index (χ1v) is 6.13. The summed E-state index contributed by atoms with van der Waals surface area (Å²) >= 11 is 5.00. The predicted octanol–water partition coefficient (Wildman–Crippen LogP) is 0.557. The number of hydrogen-bond donors (Lipinski definition) is 2. The fourth-order valence-electron chi connectivity index (χ4n) is 0.563. The second kappa shape index (κ2) is 5.48. The molecule has 0 heterocycles. The third-order valence-corrected chi connectivity index (χ3v) is 3.34. The first-order chi connectivity index (χ1) is 5.54. The summed E-state index contributed by atoms with van der Waals surface area (Å²) in [6, 6.07) is 0. The summed E-state index contributed by atoms with van der Waals surface area (Å²) in [5.41, 5.74) is 10.3. The molecule has 0 saturated heterocycles. The van der Waals surface area contributed by atoms with E-state index in [1.165, 1.54) is 0 Å². The van der Waals surface area contributed by atoms with Crippen molar-refractivity contribution >= 4 is 24.4 Å². The molecule has 0 aliphatic heterocycles. The largest absolute Gasteiger partial charge is 0.370 e. The highest BCUT2D eigenvalue weighted by Gasteiger charge is 2.16. The Kier molecular flexibility index (Phi) is 5.41. The molecule has 0 saturated carbocycles. The zero-order chi connectivity index (χ0) is 9.61. The molecule has 0 atom stereocenters. The SMILES string of the molecule is CCOP(=S)(N=C(N)N)OCC. The van der Waals surface area contributed by atoms with Crippen LogP contribution in [0, 0.1) is 0 Å². The van der Waals surface area contributed by atoms with Gasteiger partial charge < -0.3 is 20.5 Å². The summed E-state index contributed by atoms with van der Waals surface area (Å²) < 4.78 is 14.0. The monoisotopic (exact) mass is 211 g/mol. The molecule has 0 aliphatic carbocycles. The van der Waals surface area contributed by atoms with Crippen LogP contribution in [0.2, 0.25) is 0 Å². The molecule has 0 aromatic heterocycles. The summed E-state index contributed by atoms with van der Waals surface area (Å²) in [6.07, 6.45) is 0. The Morgan fingerprint density at radius 1 is 1.33 bits per heavy atom. The van der Waals surface area contributed by atoms with Crippen molar-refractivity contribution in [2.24, 2.45) is 16.2 Å². The van der Waals surface area contributed by atoms with Gasteiger partial charge >= 0.3 is 6.64 Å². The first-order valence-electron chi connectivity index (χ1n) is 3.54. The number of nitrogens with two attached hydrogens (primary N) is 2. The maximum absolute atomic E-state index is 5.17. The van der Waals surface area contributed by atoms with Gasteiger partial charge in [-0.2, -0.15) is 4.76 Å². The van der Waals surface area contributed by atoms with Crippen LogP contribution in [-0.2, 0) is 20.9 Å². The molecule has 12 heavy (non-hydrogen) atoms. The van der Waals surface area contributed by atoms with Gasteiger partial charge in [-0.15, -0.1) is 0 Å². The average Bonchev–Trinajstić information content (AvgIpc) is 1.85. The lowest BCUT2D eigenvalue weighted by atomic mass is 10.9. The average molecular weight is 211 g/mol. The number of hydrogen-bond acceptors (Lipinski definition) is 3. The Morgan fingerprint density at radius 3 is 2.00 bits per heavy atom. The van der Waals surface area contributed by atoms with Crippen LogP contribution in [0.5, 0.6) is 0 Å². The number of rotatable bonds is 5. The highest BCUT2D eigenvalue weighted by atomic mass is 32.5. The molecule has 7 heteroatoms. The zero-order valence-corrected chi connectivity index (χ0v) is 8.90. The van der Waals surface area contributed by atoms with Crippen molar-refractivity contribution in [2.75, 3.05) is 13.2 Å². The molecule has 0 fully saturated rings. The summed E-state index contributed by atoms with van der Waals surface area (Å²) in [6.45, 7) is 1.89. The summed E-state index contributed by atoms with van der Waals surface area (Å²) in [7, 11) is 0. The third-order valence-electron chi connectivity index (χ3n) is 0.822. The van der Waals surface area contributed by atoms with E-state index in [1.807, 2.05) is 13.8 Å². The van der Waals surface area contributed by atoms with Gasteiger partial charge in [0.25, 0.3) is 0 Å². The highest BCUT2D eigenvalue weighted by molar-refractivity contribution is 8.09. The molecule has 0 amide bonds. The molecule has 0 aromatic rings. The maximum Gasteiger partial charge on any atom is 0.312 e. The molecular weight excluding hydrogens is 197 g/mol. The molecule has 0 spiro atoms. The molecule has 0 radical (unpaired) electrons. The Balaban J connectivity index is 4.40. The van der Waals surface area contributed by atoms with E-state index in [0.717, 1.165) is 0 Å². The lowest BCUT2D eigenvalue weighted by Gasteiger charge is -2.15. The molecule has 0 unspecified atom stereocenters. The van der Waals surface area contributed by atoms with Crippen LogP contribution in [0.3, 0.4) is 0 Å². The van der Waals surface area contributed by atoms with Crippen LogP contribution >= 0.6 is 6.64 Å². The zero-order valence-electron chi connectivity index (χ0n) is 7.19. The predicted molar refractivity (Wildman–Crippen MR) is 53.3 cm³/mol. The van der Waals surface area contributed by atoms with Crippen molar-refractivity contribution in [3.8, 4) is 0 Å². The molecule has 72 valence electrons. The normalized spacial score (nSPS) is 11.2. The van der Waals surface area contributed by atoms with E-state index in [9.17, 15) is 0 Å². The lowest BCUT2D eigenvalue weighted by Crippen LogP contribution is -2.22. The van der Waals surface area contributed by atoms with Crippen LogP contribution in [0.1, 0.15) is 13.8 Å². The van der Waals surface area contributed by atoms with E-state index in [4.69, 9.17) is 32.3 Å². The van der Waals surface area contributed by atoms with Gasteiger partial charge in [-0.1, -0.05) is 0 Å². The molecule has 0 aromatic carbocycles. The second-order valence-electron chi connectivity index (χ2n) is 1.83. The lowest BCUT2D eigenvalue weighted by molar-refractivity contribution is 0.267. The number of guanidine groups is 1. The molecule has 0 aliphatic rings. The fraction of sp³-hybridized carbons (Fsp3) is 0.800. The van der Waals surface area contributed by atoms with Crippen molar-refractivity contribution in [3.05, 3.63) is 0 Å². The minimum Gasteiger partial charge on any atom is -0.370 e. The third kappa shape index (κ3) is 4.66. The van der Waals surface area contributed by atoms with Crippen molar-refractivity contribution in [3.63, 3.8) is 0 Å². The van der Waals surface area contributed by atoms with Crippen molar-refractivity contribution < 1.29 is 9.05 Å². The van der Waals surface area contributed by atoms with Crippen LogP contribution < -0.4 is 11.5 Å². The fourth-order valence-corrected chi connectivity index (χ4v) is 2.60. The van der Waals surface area contributed by atoms with Gasteiger partial charge in [0.1, 0.15) is 0 Å². The van der Waals surface area contributed by atoms with Crippen molar-refractivity contribution in [1.82, 2.24) is 0 Å². The molecule has 0 bridgehead atoms. The van der Waals surface area contributed by atoms with Gasteiger partial charge in [0.05, 0.1) is 13.2 Å². The Labute approximate surface area is 77.4 Å². The first kappa shape index (κ1) is 11.8. The van der Waals surface area contributed by atoms with Crippen LogP contribution in [0.4, 0.5) is 0 Å². The standard InChI is InChI=1S/C5H14N3O2PS/c1-3-9-11(12,10-4-2)8-5(6)7/h3-4H2,1-2H3,(H4,6,7,8,12). The topological polar surface area (TPSA) is 82.9 Å². The van der Waals surface area contributed by atoms with E-state index in [2.05, 4.69) is 4.76 Å². The van der Waals surface area contributed by atoms with Crippen LogP contribution in [-0.4, -0.2) is 19.2 Å². The second-order valence-corrected chi connectivity index (χ2v) is 4.87. The Bertz CT molecular complexity index is 195. The van der Waals surface area contributed by atoms with Gasteiger partial charge in [-0.25, -0.2) is 0 Å². The van der Waals surface area contributed by atoms with Gasteiger partial charge in [0.2, 0.25) is 0 Å². The van der Waals surface area contributed by atoms with Crippen LogP contribution in [0.25, 0.3) is 0 Å². The van der Waals surface area contributed by atoms with Gasteiger partial charge in [0.15, 0.2) is 5.96 Å². The minimum atomic E-state index is -2.60. The minimum absolute atomic E-state index is 0.0970. The molecular formula is C5H14N3O2PS. The van der Waals surface area contributed by atoms with Crippen molar-refractivity contribution in [2.45, 2.75) is 13.8 Å². The summed E-state index contributed by atoms with van der Waals surface area (Å²) in [5.74, 6) is -0.0970. The van der Waals surface area contributed by atoms with Crippen molar-refractivity contribution in [1.29, 1.82) is 0 Å². The quantitative estimate of drug-likeness (QED) is 0.394. The van der Waals surface area contributed by atoms with E-state index in [1.54, 1.807) is 0 Å². The van der Waals surface area contributed by atoms with Gasteiger partial charge in [-0.3, -0.25) is 0 Å². The van der Waals surface area contributed by atoms with Gasteiger partial charge in [-0.05, 0) is 25.7 Å². The molecule has 0 rings (SSSR count). The van der Waals surface area contributed by atoms with Crippen LogP contribution in [0.15, 0.2) is 4.76 Å². The summed E-state index contributed by atoms with van der Waals surface area (Å²) in [4.78, 5) is 0. The van der Waals surface area contributed by atoms with E-state index >= 15 is 0 Å². The Hall–Kier alpha value is -0.160. The van der Waals surface area contributed by atoms with E-state index < -0.39 is 6.64 Å². The highest BCUT2D eigenvalue weighted by Crippen LogP contribution is 2.49.